The largest absolute Gasteiger partial charge is 0.312 e. The zero-order valence-electron chi connectivity index (χ0n) is 8.37. The van der Waals surface area contributed by atoms with Gasteiger partial charge in [-0.25, -0.2) is 0 Å². The summed E-state index contributed by atoms with van der Waals surface area (Å²) >= 11 is 11.7. The molecule has 1 aliphatic rings. The summed E-state index contributed by atoms with van der Waals surface area (Å²) in [7, 11) is 0. The van der Waals surface area contributed by atoms with E-state index in [1.54, 1.807) is 23.1 Å². The van der Waals surface area contributed by atoms with Crippen LogP contribution in [0.15, 0.2) is 18.2 Å². The number of rotatable bonds is 1. The molecule has 0 aromatic heterocycles. The van der Waals surface area contributed by atoms with Gasteiger partial charge in [-0.1, -0.05) is 23.2 Å². The average molecular weight is 258 g/mol. The predicted octanol–water partition coefficient (Wildman–Crippen LogP) is 2.69. The predicted molar refractivity (Wildman–Crippen MR) is 63.1 cm³/mol. The smallest absolute Gasteiger partial charge is 0.234 e. The van der Waals surface area contributed by atoms with E-state index in [9.17, 15) is 9.59 Å². The van der Waals surface area contributed by atoms with Crippen molar-refractivity contribution in [3.8, 4) is 0 Å². The van der Waals surface area contributed by atoms with E-state index in [-0.39, 0.29) is 18.1 Å². The van der Waals surface area contributed by atoms with Crippen LogP contribution < -0.4 is 4.90 Å². The molecule has 0 atom stereocenters. The molecular formula is C11H9Cl2NO2. The van der Waals surface area contributed by atoms with Crippen molar-refractivity contribution in [2.45, 2.75) is 12.8 Å². The number of ketones is 1. The number of Topliss-reactive ketones (excluding diaryl/α,β-unsaturated/α-hetero) is 1. The average Bonchev–Trinajstić information content (AvgIpc) is 2.15. The third-order valence-corrected chi connectivity index (χ3v) is 2.86. The Hall–Kier alpha value is -1.06. The van der Waals surface area contributed by atoms with E-state index in [2.05, 4.69) is 0 Å². The van der Waals surface area contributed by atoms with Crippen molar-refractivity contribution in [1.29, 1.82) is 0 Å². The number of piperidine rings is 1. The van der Waals surface area contributed by atoms with Gasteiger partial charge in [-0.2, -0.15) is 0 Å². The number of carbonyl (C=O) groups excluding carboxylic acids is 2. The van der Waals surface area contributed by atoms with Gasteiger partial charge in [0.25, 0.3) is 0 Å². The van der Waals surface area contributed by atoms with Gasteiger partial charge >= 0.3 is 0 Å². The maximum Gasteiger partial charge on any atom is 0.234 e. The van der Waals surface area contributed by atoms with Crippen molar-refractivity contribution in [1.82, 2.24) is 0 Å². The zero-order chi connectivity index (χ0) is 11.7. The van der Waals surface area contributed by atoms with Crippen molar-refractivity contribution in [3.63, 3.8) is 0 Å². The standard InChI is InChI=1S/C11H9Cl2NO2/c12-7-3-8(13)5-9(4-7)14-2-1-10(15)6-11(14)16/h3-5H,1-2,6H2. The molecule has 5 heteroatoms. The topological polar surface area (TPSA) is 37.4 Å². The fourth-order valence-electron chi connectivity index (χ4n) is 1.68. The third-order valence-electron chi connectivity index (χ3n) is 2.42. The van der Waals surface area contributed by atoms with E-state index < -0.39 is 0 Å². The molecule has 2 rings (SSSR count). The summed E-state index contributed by atoms with van der Waals surface area (Å²) in [6.45, 7) is 0.397. The Kier molecular flexibility index (Phi) is 3.17. The van der Waals surface area contributed by atoms with E-state index in [1.165, 1.54) is 0 Å². The number of carbonyl (C=O) groups is 2. The molecule has 0 saturated carbocycles. The highest BCUT2D eigenvalue weighted by Gasteiger charge is 2.25. The summed E-state index contributed by atoms with van der Waals surface area (Å²) in [4.78, 5) is 24.3. The SMILES string of the molecule is O=C1CCN(c2cc(Cl)cc(Cl)c2)C(=O)C1. The van der Waals surface area contributed by atoms with Crippen molar-refractivity contribution in [2.75, 3.05) is 11.4 Å². The molecule has 1 heterocycles. The lowest BCUT2D eigenvalue weighted by Gasteiger charge is -2.26. The number of hydrogen-bond donors (Lipinski definition) is 0. The van der Waals surface area contributed by atoms with Gasteiger partial charge in [0.1, 0.15) is 5.78 Å². The Morgan fingerprint density at radius 3 is 2.25 bits per heavy atom. The number of nitrogens with zero attached hydrogens (tertiary/aromatic N) is 1. The maximum absolute atomic E-state index is 11.6. The third kappa shape index (κ3) is 2.36. The monoisotopic (exact) mass is 257 g/mol. The summed E-state index contributed by atoms with van der Waals surface area (Å²) in [6, 6.07) is 4.94. The fourth-order valence-corrected chi connectivity index (χ4v) is 2.20. The van der Waals surface area contributed by atoms with Crippen molar-refractivity contribution in [2.24, 2.45) is 0 Å². The van der Waals surface area contributed by atoms with E-state index in [0.717, 1.165) is 0 Å². The van der Waals surface area contributed by atoms with Crippen molar-refractivity contribution in [3.05, 3.63) is 28.2 Å². The number of amides is 1. The van der Waals surface area contributed by atoms with Gasteiger partial charge in [0.15, 0.2) is 0 Å². The van der Waals surface area contributed by atoms with Crippen LogP contribution in [0.1, 0.15) is 12.8 Å². The molecule has 1 amide bonds. The second kappa shape index (κ2) is 4.44. The van der Waals surface area contributed by atoms with Gasteiger partial charge in [0.2, 0.25) is 5.91 Å². The molecule has 1 aliphatic heterocycles. The summed E-state index contributed by atoms with van der Waals surface area (Å²) in [5.74, 6) is -0.219. The molecule has 0 bridgehead atoms. The van der Waals surface area contributed by atoms with Crippen LogP contribution in [0.4, 0.5) is 5.69 Å². The van der Waals surface area contributed by atoms with Crippen LogP contribution in [0, 0.1) is 0 Å². The summed E-state index contributed by atoms with van der Waals surface area (Å²) in [5, 5.41) is 0.958. The first kappa shape index (κ1) is 11.4. The van der Waals surface area contributed by atoms with E-state index in [0.29, 0.717) is 28.7 Å². The molecule has 1 aromatic rings. The number of anilines is 1. The molecule has 1 saturated heterocycles. The van der Waals surface area contributed by atoms with Crippen LogP contribution in [0.3, 0.4) is 0 Å². The number of halogens is 2. The molecule has 1 fully saturated rings. The van der Waals surface area contributed by atoms with Gasteiger partial charge < -0.3 is 4.90 Å². The van der Waals surface area contributed by atoms with Gasteiger partial charge in [0, 0.05) is 28.7 Å². The Morgan fingerprint density at radius 1 is 1.06 bits per heavy atom. The van der Waals surface area contributed by atoms with Crippen LogP contribution in [0.25, 0.3) is 0 Å². The second-order valence-electron chi connectivity index (χ2n) is 3.64. The molecule has 0 spiro atoms. The molecule has 3 nitrogen and oxygen atoms in total. The minimum atomic E-state index is -0.199. The first-order valence-electron chi connectivity index (χ1n) is 4.84. The van der Waals surface area contributed by atoms with Crippen LogP contribution in [-0.2, 0) is 9.59 Å². The van der Waals surface area contributed by atoms with Crippen LogP contribution in [0.2, 0.25) is 10.0 Å². The fraction of sp³-hybridized carbons (Fsp3) is 0.273. The normalized spacial score (nSPS) is 16.8. The molecule has 84 valence electrons. The molecule has 0 radical (unpaired) electrons. The molecule has 1 aromatic carbocycles. The van der Waals surface area contributed by atoms with E-state index in [1.807, 2.05) is 0 Å². The Labute approximate surface area is 103 Å². The highest BCUT2D eigenvalue weighted by Crippen LogP contribution is 2.27. The van der Waals surface area contributed by atoms with E-state index in [4.69, 9.17) is 23.2 Å². The Morgan fingerprint density at radius 2 is 1.69 bits per heavy atom. The quantitative estimate of drug-likeness (QED) is 0.726. The van der Waals surface area contributed by atoms with Crippen molar-refractivity contribution >= 4 is 40.6 Å². The highest BCUT2D eigenvalue weighted by atomic mass is 35.5. The molecule has 16 heavy (non-hydrogen) atoms. The van der Waals surface area contributed by atoms with Crippen LogP contribution >= 0.6 is 23.2 Å². The van der Waals surface area contributed by atoms with Crippen LogP contribution in [0.5, 0.6) is 0 Å². The highest BCUT2D eigenvalue weighted by molar-refractivity contribution is 6.35. The second-order valence-corrected chi connectivity index (χ2v) is 4.51. The lowest BCUT2D eigenvalue weighted by atomic mass is 10.1. The zero-order valence-corrected chi connectivity index (χ0v) is 9.88. The van der Waals surface area contributed by atoms with Crippen LogP contribution in [-0.4, -0.2) is 18.2 Å². The van der Waals surface area contributed by atoms with Gasteiger partial charge in [-0.3, -0.25) is 9.59 Å². The van der Waals surface area contributed by atoms with Gasteiger partial charge in [0.05, 0.1) is 6.42 Å². The molecular weight excluding hydrogens is 249 g/mol. The number of hydrogen-bond acceptors (Lipinski definition) is 2. The minimum Gasteiger partial charge on any atom is -0.312 e. The lowest BCUT2D eigenvalue weighted by molar-refractivity contribution is -0.128. The van der Waals surface area contributed by atoms with Gasteiger partial charge in [-0.05, 0) is 18.2 Å². The lowest BCUT2D eigenvalue weighted by Crippen LogP contribution is -2.39. The van der Waals surface area contributed by atoms with E-state index >= 15 is 0 Å². The maximum atomic E-state index is 11.6. The Balaban J connectivity index is 2.30. The summed E-state index contributed by atoms with van der Waals surface area (Å²) in [6.07, 6.45) is 0.347. The summed E-state index contributed by atoms with van der Waals surface area (Å²) in [5.41, 5.74) is 0.648. The minimum absolute atomic E-state index is 0.0191. The number of benzene rings is 1. The summed E-state index contributed by atoms with van der Waals surface area (Å²) < 4.78 is 0. The van der Waals surface area contributed by atoms with Crippen molar-refractivity contribution < 1.29 is 9.59 Å². The van der Waals surface area contributed by atoms with Gasteiger partial charge in [-0.15, -0.1) is 0 Å². The molecule has 0 aliphatic carbocycles. The Bertz CT molecular complexity index is 439. The first-order valence-corrected chi connectivity index (χ1v) is 5.60. The first-order chi connectivity index (χ1) is 7.56. The molecule has 0 N–H and O–H groups in total. The molecule has 0 unspecified atom stereocenters.